The van der Waals surface area contributed by atoms with Gasteiger partial charge in [-0.05, 0) is 50.1 Å². The predicted octanol–water partition coefficient (Wildman–Crippen LogP) is 4.17. The molecule has 0 bridgehead atoms. The van der Waals surface area contributed by atoms with Gasteiger partial charge in [-0.25, -0.2) is 4.39 Å². The average molecular weight is 315 g/mol. The summed E-state index contributed by atoms with van der Waals surface area (Å²) in [5, 5.41) is 3.00. The van der Waals surface area contributed by atoms with Crippen molar-refractivity contribution in [2.75, 3.05) is 0 Å². The molecule has 2 rings (SSSR count). The van der Waals surface area contributed by atoms with Crippen LogP contribution in [0.1, 0.15) is 37.4 Å². The van der Waals surface area contributed by atoms with Crippen LogP contribution in [0, 0.1) is 12.7 Å². The second-order valence-electron chi connectivity index (χ2n) is 5.59. The van der Waals surface area contributed by atoms with Crippen LogP contribution in [-0.4, -0.2) is 12.0 Å². The first kappa shape index (κ1) is 17.0. The number of carbonyl (C=O) groups is 1. The number of hydrogen-bond donors (Lipinski definition) is 1. The molecule has 2 aromatic carbocycles. The molecule has 1 amide bonds. The van der Waals surface area contributed by atoms with Crippen molar-refractivity contribution in [3.05, 3.63) is 65.5 Å². The van der Waals surface area contributed by atoms with Crippen LogP contribution in [0.4, 0.5) is 4.39 Å². The van der Waals surface area contributed by atoms with Crippen LogP contribution in [0.15, 0.2) is 48.5 Å². The molecule has 3 nitrogen and oxygen atoms in total. The Hall–Kier alpha value is -2.36. The number of hydrogen-bond acceptors (Lipinski definition) is 2. The molecule has 0 saturated heterocycles. The zero-order valence-electron chi connectivity index (χ0n) is 13.7. The number of rotatable bonds is 6. The summed E-state index contributed by atoms with van der Waals surface area (Å²) in [6, 6.07) is 13.7. The van der Waals surface area contributed by atoms with Crippen molar-refractivity contribution in [3.63, 3.8) is 0 Å². The third-order valence-corrected chi connectivity index (χ3v) is 3.70. The fraction of sp³-hybridized carbons (Fsp3) is 0.316. The van der Waals surface area contributed by atoms with E-state index in [-0.39, 0.29) is 17.8 Å². The summed E-state index contributed by atoms with van der Waals surface area (Å²) in [6.07, 6.45) is 0.137. The predicted molar refractivity (Wildman–Crippen MR) is 88.8 cm³/mol. The van der Waals surface area contributed by atoms with Gasteiger partial charge >= 0.3 is 0 Å². The molecular weight excluding hydrogens is 293 g/mol. The van der Waals surface area contributed by atoms with E-state index >= 15 is 0 Å². The maximum absolute atomic E-state index is 12.9. The fourth-order valence-electron chi connectivity index (χ4n) is 2.28. The molecule has 2 aromatic rings. The number of benzene rings is 2. The molecule has 0 fully saturated rings. The molecule has 2 atom stereocenters. The molecule has 0 saturated carbocycles. The van der Waals surface area contributed by atoms with E-state index in [9.17, 15) is 9.18 Å². The SMILES string of the molecule is CC[C@H](NC(=O)[C@@H](C)Oc1ccc(F)cc1)c1ccc(C)cc1. The summed E-state index contributed by atoms with van der Waals surface area (Å²) < 4.78 is 18.4. The first-order chi connectivity index (χ1) is 11.0. The van der Waals surface area contributed by atoms with Crippen molar-refractivity contribution >= 4 is 5.91 Å². The Morgan fingerprint density at radius 3 is 2.30 bits per heavy atom. The van der Waals surface area contributed by atoms with Crippen molar-refractivity contribution < 1.29 is 13.9 Å². The standard InChI is InChI=1S/C19H22FNO2/c1-4-18(15-7-5-13(2)6-8-15)21-19(22)14(3)23-17-11-9-16(20)10-12-17/h5-12,14,18H,4H2,1-3H3,(H,21,22)/t14-,18+/m1/s1. The Balaban J connectivity index is 1.98. The maximum Gasteiger partial charge on any atom is 0.261 e. The van der Waals surface area contributed by atoms with Crippen LogP contribution in [-0.2, 0) is 4.79 Å². The molecule has 0 unspecified atom stereocenters. The van der Waals surface area contributed by atoms with Gasteiger partial charge in [0, 0.05) is 0 Å². The van der Waals surface area contributed by atoms with Gasteiger partial charge in [-0.2, -0.15) is 0 Å². The van der Waals surface area contributed by atoms with Gasteiger partial charge in [0.2, 0.25) is 0 Å². The molecule has 0 spiro atoms. The number of ether oxygens (including phenoxy) is 1. The van der Waals surface area contributed by atoms with E-state index in [4.69, 9.17) is 4.74 Å². The summed E-state index contributed by atoms with van der Waals surface area (Å²) >= 11 is 0. The van der Waals surface area contributed by atoms with Crippen molar-refractivity contribution in [2.45, 2.75) is 39.3 Å². The summed E-state index contributed by atoms with van der Waals surface area (Å²) in [5.74, 6) is -0.0564. The van der Waals surface area contributed by atoms with Gasteiger partial charge in [0.05, 0.1) is 6.04 Å². The molecule has 0 radical (unpaired) electrons. The maximum atomic E-state index is 12.9. The fourth-order valence-corrected chi connectivity index (χ4v) is 2.28. The minimum atomic E-state index is -0.653. The number of nitrogens with one attached hydrogen (secondary N) is 1. The summed E-state index contributed by atoms with van der Waals surface area (Å²) in [5.41, 5.74) is 2.25. The highest BCUT2D eigenvalue weighted by Crippen LogP contribution is 2.18. The highest BCUT2D eigenvalue weighted by molar-refractivity contribution is 5.81. The van der Waals surface area contributed by atoms with Gasteiger partial charge < -0.3 is 10.1 Å². The normalized spacial score (nSPS) is 13.2. The van der Waals surface area contributed by atoms with Crippen LogP contribution in [0.25, 0.3) is 0 Å². The monoisotopic (exact) mass is 315 g/mol. The zero-order valence-corrected chi connectivity index (χ0v) is 13.7. The lowest BCUT2D eigenvalue weighted by molar-refractivity contribution is -0.128. The molecule has 122 valence electrons. The number of aryl methyl sites for hydroxylation is 1. The molecule has 0 aliphatic heterocycles. The smallest absolute Gasteiger partial charge is 0.261 e. The lowest BCUT2D eigenvalue weighted by Crippen LogP contribution is -2.38. The third-order valence-electron chi connectivity index (χ3n) is 3.70. The molecule has 1 N–H and O–H groups in total. The van der Waals surface area contributed by atoms with Crippen molar-refractivity contribution in [1.29, 1.82) is 0 Å². The molecular formula is C19H22FNO2. The van der Waals surface area contributed by atoms with Crippen molar-refractivity contribution in [3.8, 4) is 5.75 Å². The Kier molecular flexibility index (Phi) is 5.74. The summed E-state index contributed by atoms with van der Waals surface area (Å²) in [7, 11) is 0. The number of carbonyl (C=O) groups excluding carboxylic acids is 1. The lowest BCUT2D eigenvalue weighted by atomic mass is 10.0. The van der Waals surface area contributed by atoms with Crippen LogP contribution < -0.4 is 10.1 Å². The van der Waals surface area contributed by atoms with E-state index < -0.39 is 6.10 Å². The van der Waals surface area contributed by atoms with Gasteiger partial charge in [0.1, 0.15) is 11.6 Å². The molecule has 0 aliphatic carbocycles. The van der Waals surface area contributed by atoms with Crippen LogP contribution in [0.5, 0.6) is 5.75 Å². The van der Waals surface area contributed by atoms with E-state index in [2.05, 4.69) is 5.32 Å². The first-order valence-electron chi connectivity index (χ1n) is 7.78. The van der Waals surface area contributed by atoms with E-state index in [1.165, 1.54) is 29.8 Å². The van der Waals surface area contributed by atoms with Crippen LogP contribution in [0.3, 0.4) is 0 Å². The Morgan fingerprint density at radius 2 is 1.74 bits per heavy atom. The van der Waals surface area contributed by atoms with Gasteiger partial charge in [0.15, 0.2) is 6.10 Å². The second-order valence-corrected chi connectivity index (χ2v) is 5.59. The summed E-state index contributed by atoms with van der Waals surface area (Å²) in [4.78, 5) is 12.3. The minimum Gasteiger partial charge on any atom is -0.481 e. The highest BCUT2D eigenvalue weighted by atomic mass is 19.1. The minimum absolute atomic E-state index is 0.0534. The number of amides is 1. The van der Waals surface area contributed by atoms with E-state index in [0.717, 1.165) is 12.0 Å². The van der Waals surface area contributed by atoms with Gasteiger partial charge in [-0.3, -0.25) is 4.79 Å². The van der Waals surface area contributed by atoms with Crippen molar-refractivity contribution in [1.82, 2.24) is 5.32 Å². The molecule has 23 heavy (non-hydrogen) atoms. The van der Waals surface area contributed by atoms with E-state index in [1.54, 1.807) is 6.92 Å². The molecule has 0 aromatic heterocycles. The largest absolute Gasteiger partial charge is 0.481 e. The van der Waals surface area contributed by atoms with E-state index in [0.29, 0.717) is 5.75 Å². The van der Waals surface area contributed by atoms with E-state index in [1.807, 2.05) is 38.1 Å². The van der Waals surface area contributed by atoms with Gasteiger partial charge in [-0.1, -0.05) is 36.8 Å². The van der Waals surface area contributed by atoms with Gasteiger partial charge in [-0.15, -0.1) is 0 Å². The second kappa shape index (κ2) is 7.77. The quantitative estimate of drug-likeness (QED) is 0.869. The summed E-state index contributed by atoms with van der Waals surface area (Å²) in [6.45, 7) is 5.73. The molecule has 0 heterocycles. The van der Waals surface area contributed by atoms with Gasteiger partial charge in [0.25, 0.3) is 5.91 Å². The zero-order chi connectivity index (χ0) is 16.8. The number of halogens is 1. The Labute approximate surface area is 136 Å². The third kappa shape index (κ3) is 4.81. The Bertz CT molecular complexity index is 637. The molecule has 4 heteroatoms. The Morgan fingerprint density at radius 1 is 1.13 bits per heavy atom. The first-order valence-corrected chi connectivity index (χ1v) is 7.78. The molecule has 0 aliphatic rings. The lowest BCUT2D eigenvalue weighted by Gasteiger charge is -2.21. The average Bonchev–Trinajstić information content (AvgIpc) is 2.55. The highest BCUT2D eigenvalue weighted by Gasteiger charge is 2.19. The van der Waals surface area contributed by atoms with Crippen LogP contribution in [0.2, 0.25) is 0 Å². The van der Waals surface area contributed by atoms with Crippen LogP contribution >= 0.6 is 0 Å². The van der Waals surface area contributed by atoms with Crippen molar-refractivity contribution in [2.24, 2.45) is 0 Å². The topological polar surface area (TPSA) is 38.3 Å².